The Morgan fingerprint density at radius 3 is 1.77 bits per heavy atom. The van der Waals surface area contributed by atoms with Crippen molar-refractivity contribution >= 4 is 29.6 Å². The lowest BCUT2D eigenvalue weighted by Crippen LogP contribution is -2.61. The van der Waals surface area contributed by atoms with Gasteiger partial charge in [0.25, 0.3) is 0 Å². The maximum atomic E-state index is 12.7. The minimum absolute atomic E-state index is 0.185. The predicted octanol–water partition coefficient (Wildman–Crippen LogP) is -2.19. The summed E-state index contributed by atoms with van der Waals surface area (Å²) >= 11 is 0. The van der Waals surface area contributed by atoms with E-state index in [1.165, 1.54) is 6.92 Å². The molecule has 0 radical (unpaired) electrons. The highest BCUT2D eigenvalue weighted by molar-refractivity contribution is 5.96. The van der Waals surface area contributed by atoms with Crippen LogP contribution in [0.3, 0.4) is 0 Å². The van der Waals surface area contributed by atoms with Gasteiger partial charge in [0.2, 0.25) is 23.6 Å². The van der Waals surface area contributed by atoms with E-state index in [9.17, 15) is 34.2 Å². The summed E-state index contributed by atoms with van der Waals surface area (Å²) in [6, 6.07) is -5.16. The molecule has 0 saturated carbocycles. The molecule has 0 aromatic heterocycles. The van der Waals surface area contributed by atoms with Gasteiger partial charge in [-0.25, -0.2) is 4.79 Å². The lowest BCUT2D eigenvalue weighted by molar-refractivity contribution is -0.143. The van der Waals surface area contributed by atoms with Crippen molar-refractivity contribution in [2.24, 2.45) is 23.3 Å². The second-order valence-electron chi connectivity index (χ2n) is 7.94. The van der Waals surface area contributed by atoms with Gasteiger partial charge >= 0.3 is 5.97 Å². The zero-order valence-electron chi connectivity index (χ0n) is 18.5. The number of carbonyl (C=O) groups is 5. The van der Waals surface area contributed by atoms with Gasteiger partial charge in [-0.3, -0.25) is 19.2 Å². The Labute approximate surface area is 181 Å². The highest BCUT2D eigenvalue weighted by atomic mass is 16.4. The van der Waals surface area contributed by atoms with Crippen LogP contribution in [-0.4, -0.2) is 70.1 Å². The Balaban J connectivity index is 5.49. The van der Waals surface area contributed by atoms with Crippen molar-refractivity contribution in [3.8, 4) is 0 Å². The van der Waals surface area contributed by atoms with Gasteiger partial charge in [0.05, 0.1) is 18.6 Å². The number of aliphatic carboxylic acids is 1. The summed E-state index contributed by atoms with van der Waals surface area (Å²) in [7, 11) is 0. The third-order valence-electron chi connectivity index (χ3n) is 4.89. The van der Waals surface area contributed by atoms with Crippen molar-refractivity contribution in [1.82, 2.24) is 16.0 Å². The van der Waals surface area contributed by atoms with Crippen LogP contribution < -0.4 is 27.4 Å². The number of hydrogen-bond acceptors (Lipinski definition) is 7. The molecule has 9 N–H and O–H groups in total. The molecule has 0 aliphatic carbocycles. The van der Waals surface area contributed by atoms with Crippen LogP contribution in [-0.2, 0) is 24.0 Å². The monoisotopic (exact) mass is 445 g/mol. The van der Waals surface area contributed by atoms with Crippen LogP contribution >= 0.6 is 0 Å². The van der Waals surface area contributed by atoms with Gasteiger partial charge in [-0.1, -0.05) is 34.1 Å². The Morgan fingerprint density at radius 2 is 1.39 bits per heavy atom. The summed E-state index contributed by atoms with van der Waals surface area (Å²) < 4.78 is 0. The molecule has 0 aliphatic rings. The molecule has 0 spiro atoms. The van der Waals surface area contributed by atoms with Crippen molar-refractivity contribution in [2.45, 2.75) is 77.7 Å². The van der Waals surface area contributed by atoms with E-state index in [1.54, 1.807) is 20.8 Å². The first-order valence-corrected chi connectivity index (χ1v) is 10.1. The molecule has 0 heterocycles. The standard InChI is InChI=1S/C19H35N5O7/c1-6-9(4)13(21)17(28)24-15(10(5)25)18(29)22-11(7-12(20)26)16(27)23-14(8(2)3)19(30)31/h8-11,13-15,25H,6-7,21H2,1-5H3,(H2,20,26)(H,22,29)(H,23,27)(H,24,28)(H,30,31). The molecule has 0 aromatic rings. The predicted molar refractivity (Wildman–Crippen MR) is 111 cm³/mol. The number of primary amides is 1. The van der Waals surface area contributed by atoms with Gasteiger partial charge < -0.3 is 37.6 Å². The summed E-state index contributed by atoms with van der Waals surface area (Å²) in [5, 5.41) is 26.0. The maximum absolute atomic E-state index is 12.7. The molecule has 6 unspecified atom stereocenters. The number of aliphatic hydroxyl groups excluding tert-OH is 1. The average Bonchev–Trinajstić information content (AvgIpc) is 2.66. The molecular formula is C19H35N5O7. The fourth-order valence-electron chi connectivity index (χ4n) is 2.61. The van der Waals surface area contributed by atoms with Crippen molar-refractivity contribution in [3.05, 3.63) is 0 Å². The van der Waals surface area contributed by atoms with Crippen molar-refractivity contribution in [2.75, 3.05) is 0 Å². The molecule has 12 nitrogen and oxygen atoms in total. The van der Waals surface area contributed by atoms with Gasteiger partial charge in [-0.15, -0.1) is 0 Å². The highest BCUT2D eigenvalue weighted by Gasteiger charge is 2.34. The first-order valence-electron chi connectivity index (χ1n) is 10.1. The van der Waals surface area contributed by atoms with Gasteiger partial charge in [0.1, 0.15) is 18.1 Å². The van der Waals surface area contributed by atoms with Crippen LogP contribution in [0.5, 0.6) is 0 Å². The lowest BCUT2D eigenvalue weighted by Gasteiger charge is -2.27. The second-order valence-corrected chi connectivity index (χ2v) is 7.94. The van der Waals surface area contributed by atoms with Gasteiger partial charge in [-0.2, -0.15) is 0 Å². The van der Waals surface area contributed by atoms with Crippen molar-refractivity contribution in [1.29, 1.82) is 0 Å². The van der Waals surface area contributed by atoms with E-state index in [1.807, 2.05) is 6.92 Å². The summed E-state index contributed by atoms with van der Waals surface area (Å²) in [6.07, 6.45) is -1.36. The number of carbonyl (C=O) groups excluding carboxylic acids is 4. The molecule has 0 bridgehead atoms. The minimum Gasteiger partial charge on any atom is -0.480 e. The largest absolute Gasteiger partial charge is 0.480 e. The van der Waals surface area contributed by atoms with E-state index in [-0.39, 0.29) is 5.92 Å². The zero-order chi connectivity index (χ0) is 24.5. The van der Waals surface area contributed by atoms with E-state index in [0.29, 0.717) is 6.42 Å². The van der Waals surface area contributed by atoms with Crippen LogP contribution in [0.15, 0.2) is 0 Å². The number of aliphatic hydroxyl groups is 1. The van der Waals surface area contributed by atoms with Crippen LogP contribution in [0.2, 0.25) is 0 Å². The van der Waals surface area contributed by atoms with Crippen LogP contribution in [0, 0.1) is 11.8 Å². The van der Waals surface area contributed by atoms with Crippen LogP contribution in [0.25, 0.3) is 0 Å². The van der Waals surface area contributed by atoms with Crippen molar-refractivity contribution in [3.63, 3.8) is 0 Å². The summed E-state index contributed by atoms with van der Waals surface area (Å²) in [5.74, 6) is -5.45. The van der Waals surface area contributed by atoms with Gasteiger partial charge in [0.15, 0.2) is 0 Å². The molecule has 12 heteroatoms. The Morgan fingerprint density at radius 1 is 0.871 bits per heavy atom. The summed E-state index contributed by atoms with van der Waals surface area (Å²) in [4.78, 5) is 60.2. The number of amides is 4. The van der Waals surface area contributed by atoms with Crippen molar-refractivity contribution < 1.29 is 34.2 Å². The number of rotatable bonds is 13. The van der Waals surface area contributed by atoms with E-state index < -0.39 is 72.2 Å². The molecule has 0 aromatic carbocycles. The van der Waals surface area contributed by atoms with E-state index in [0.717, 1.165) is 0 Å². The SMILES string of the molecule is CCC(C)C(N)C(=O)NC(C(=O)NC(CC(N)=O)C(=O)NC(C(=O)O)C(C)C)C(C)O. The quantitative estimate of drug-likeness (QED) is 0.165. The molecule has 6 atom stereocenters. The third kappa shape index (κ3) is 9.30. The summed E-state index contributed by atoms with van der Waals surface area (Å²) in [6.45, 7) is 7.98. The van der Waals surface area contributed by atoms with Gasteiger partial charge in [0, 0.05) is 0 Å². The molecule has 0 rings (SSSR count). The topological polar surface area (TPSA) is 214 Å². The number of nitrogens with one attached hydrogen (secondary N) is 3. The minimum atomic E-state index is -1.51. The lowest BCUT2D eigenvalue weighted by atomic mass is 9.98. The smallest absolute Gasteiger partial charge is 0.326 e. The molecule has 31 heavy (non-hydrogen) atoms. The van der Waals surface area contributed by atoms with Gasteiger partial charge in [-0.05, 0) is 18.8 Å². The Bertz CT molecular complexity index is 668. The van der Waals surface area contributed by atoms with E-state index in [4.69, 9.17) is 11.5 Å². The molecule has 4 amide bonds. The number of nitrogens with two attached hydrogens (primary N) is 2. The number of hydrogen-bond donors (Lipinski definition) is 7. The fourth-order valence-corrected chi connectivity index (χ4v) is 2.61. The second kappa shape index (κ2) is 12.8. The molecule has 0 fully saturated rings. The molecule has 0 aliphatic heterocycles. The molecule has 178 valence electrons. The van der Waals surface area contributed by atoms with Crippen LogP contribution in [0.4, 0.5) is 0 Å². The number of carboxylic acid groups (broad SMARTS) is 1. The van der Waals surface area contributed by atoms with E-state index in [2.05, 4.69) is 16.0 Å². The number of carboxylic acids is 1. The average molecular weight is 446 g/mol. The van der Waals surface area contributed by atoms with Crippen LogP contribution in [0.1, 0.15) is 47.5 Å². The highest BCUT2D eigenvalue weighted by Crippen LogP contribution is 2.07. The first kappa shape index (κ1) is 28.3. The fraction of sp³-hybridized carbons (Fsp3) is 0.737. The maximum Gasteiger partial charge on any atom is 0.326 e. The van der Waals surface area contributed by atoms with E-state index >= 15 is 0 Å². The normalized spacial score (nSPS) is 16.9. The Kier molecular flexibility index (Phi) is 11.7. The first-order chi connectivity index (χ1) is 14.2. The zero-order valence-corrected chi connectivity index (χ0v) is 18.5. The third-order valence-corrected chi connectivity index (χ3v) is 4.89. The summed E-state index contributed by atoms with van der Waals surface area (Å²) in [5.41, 5.74) is 11.0. The Hall–Kier alpha value is -2.73. The molecule has 0 saturated heterocycles. The molecular weight excluding hydrogens is 410 g/mol.